The number of thiazole rings is 1. The average molecular weight is 393 g/mol. The first-order valence-corrected chi connectivity index (χ1v) is 8.90. The number of hydrogen-bond acceptors (Lipinski definition) is 5. The number of rotatable bonds is 7. The normalized spacial score (nSPS) is 10.9. The van der Waals surface area contributed by atoms with Crippen LogP contribution in [-0.4, -0.2) is 18.6 Å². The van der Waals surface area contributed by atoms with E-state index >= 15 is 0 Å². The fourth-order valence-corrected chi connectivity index (χ4v) is 3.44. The number of halogens is 1. The summed E-state index contributed by atoms with van der Waals surface area (Å²) in [5.41, 5.74) is 1.21. The maximum absolute atomic E-state index is 5.54. The van der Waals surface area contributed by atoms with Crippen LogP contribution in [0.1, 0.15) is 10.6 Å². The molecule has 1 N–H and O–H groups in total. The first kappa shape index (κ1) is 16.2. The van der Waals surface area contributed by atoms with Gasteiger partial charge in [-0.25, -0.2) is 4.98 Å². The van der Waals surface area contributed by atoms with E-state index in [1.54, 1.807) is 18.4 Å². The van der Waals surface area contributed by atoms with Gasteiger partial charge in [0.25, 0.3) is 0 Å². The Bertz CT molecular complexity index is 769. The van der Waals surface area contributed by atoms with Gasteiger partial charge in [0.2, 0.25) is 0 Å². The van der Waals surface area contributed by atoms with Crippen LogP contribution >= 0.6 is 27.3 Å². The second-order valence-electron chi connectivity index (χ2n) is 4.96. The van der Waals surface area contributed by atoms with E-state index in [2.05, 4.69) is 32.3 Å². The third kappa shape index (κ3) is 4.22. The van der Waals surface area contributed by atoms with Crippen molar-refractivity contribution in [3.63, 3.8) is 0 Å². The van der Waals surface area contributed by atoms with Gasteiger partial charge in [-0.1, -0.05) is 18.2 Å². The molecule has 0 saturated carbocycles. The van der Waals surface area contributed by atoms with Crippen LogP contribution in [-0.2, 0) is 13.0 Å². The number of nitrogens with zero attached hydrogens (tertiary/aromatic N) is 1. The number of hydrogen-bond donors (Lipinski definition) is 1. The fraction of sp³-hybridized carbons (Fsp3) is 0.235. The van der Waals surface area contributed by atoms with E-state index in [9.17, 15) is 0 Å². The molecular weight excluding hydrogens is 376 g/mol. The van der Waals surface area contributed by atoms with E-state index < -0.39 is 0 Å². The molecule has 2 heterocycles. The molecule has 0 aliphatic carbocycles. The second-order valence-corrected chi connectivity index (χ2v) is 6.86. The Hall–Kier alpha value is -1.63. The molecule has 0 fully saturated rings. The predicted molar refractivity (Wildman–Crippen MR) is 95.9 cm³/mol. The Morgan fingerprint density at radius 3 is 2.91 bits per heavy atom. The lowest BCUT2D eigenvalue weighted by atomic mass is 10.1. The van der Waals surface area contributed by atoms with E-state index in [1.807, 2.05) is 36.5 Å². The molecule has 0 amide bonds. The van der Waals surface area contributed by atoms with Crippen molar-refractivity contribution in [2.24, 2.45) is 0 Å². The second kappa shape index (κ2) is 7.77. The highest BCUT2D eigenvalue weighted by molar-refractivity contribution is 9.10. The Morgan fingerprint density at radius 2 is 2.13 bits per heavy atom. The summed E-state index contributed by atoms with van der Waals surface area (Å²) in [6.45, 7) is 1.63. The highest BCUT2D eigenvalue weighted by Crippen LogP contribution is 2.29. The lowest BCUT2D eigenvalue weighted by Crippen LogP contribution is -2.16. The minimum absolute atomic E-state index is 0.734. The zero-order chi connectivity index (χ0) is 16.1. The summed E-state index contributed by atoms with van der Waals surface area (Å²) in [5.74, 6) is 1.78. The van der Waals surface area contributed by atoms with Crippen LogP contribution in [0.3, 0.4) is 0 Å². The molecule has 6 heteroatoms. The zero-order valence-corrected chi connectivity index (χ0v) is 15.1. The van der Waals surface area contributed by atoms with Crippen molar-refractivity contribution < 1.29 is 9.15 Å². The summed E-state index contributed by atoms with van der Waals surface area (Å²) >= 11 is 4.96. The van der Waals surface area contributed by atoms with E-state index in [-0.39, 0.29) is 0 Å². The molecule has 120 valence electrons. The predicted octanol–water partition coefficient (Wildman–Crippen LogP) is 4.51. The monoisotopic (exact) mass is 392 g/mol. The third-order valence-electron chi connectivity index (χ3n) is 3.41. The first-order valence-electron chi connectivity index (χ1n) is 7.29. The quantitative estimate of drug-likeness (QED) is 0.601. The number of benzene rings is 1. The van der Waals surface area contributed by atoms with Gasteiger partial charge >= 0.3 is 0 Å². The number of nitrogens with one attached hydrogen (secondary N) is 1. The zero-order valence-electron chi connectivity index (χ0n) is 12.7. The van der Waals surface area contributed by atoms with Gasteiger partial charge in [0, 0.05) is 12.7 Å². The summed E-state index contributed by atoms with van der Waals surface area (Å²) in [6.07, 6.45) is 2.78. The molecule has 0 aliphatic heterocycles. The lowest BCUT2D eigenvalue weighted by Gasteiger charge is -2.08. The standard InChI is InChI=1S/C17H17BrN2O2S/c1-21-13-5-3-2-4-12(13)8-9-19-11-17-20-10-15(23-17)14-6-7-16(18)22-14/h2-7,10,19H,8-9,11H2,1H3. The molecule has 1 aromatic carbocycles. The molecule has 0 spiro atoms. The van der Waals surface area contributed by atoms with E-state index in [1.165, 1.54) is 5.56 Å². The van der Waals surface area contributed by atoms with Crippen molar-refractivity contribution in [2.75, 3.05) is 13.7 Å². The smallest absolute Gasteiger partial charge is 0.169 e. The number of aromatic nitrogens is 1. The summed E-state index contributed by atoms with van der Waals surface area (Å²) < 4.78 is 11.6. The molecular formula is C17H17BrN2O2S. The number of methoxy groups -OCH3 is 1. The minimum atomic E-state index is 0.734. The molecule has 0 unspecified atom stereocenters. The number of furan rings is 1. The van der Waals surface area contributed by atoms with Gasteiger partial charge in [-0.15, -0.1) is 11.3 Å². The highest BCUT2D eigenvalue weighted by Gasteiger charge is 2.08. The van der Waals surface area contributed by atoms with Crippen molar-refractivity contribution in [3.05, 3.63) is 57.8 Å². The largest absolute Gasteiger partial charge is 0.496 e. The summed E-state index contributed by atoms with van der Waals surface area (Å²) in [7, 11) is 1.70. The van der Waals surface area contributed by atoms with Crippen LogP contribution in [0.2, 0.25) is 0 Å². The van der Waals surface area contributed by atoms with E-state index in [4.69, 9.17) is 9.15 Å². The number of para-hydroxylation sites is 1. The third-order valence-corrected chi connectivity index (χ3v) is 4.85. The van der Waals surface area contributed by atoms with Crippen LogP contribution in [0.5, 0.6) is 5.75 Å². The van der Waals surface area contributed by atoms with Gasteiger partial charge in [-0.3, -0.25) is 0 Å². The highest BCUT2D eigenvalue weighted by atomic mass is 79.9. The van der Waals surface area contributed by atoms with Gasteiger partial charge in [0.15, 0.2) is 4.67 Å². The molecule has 3 aromatic rings. The van der Waals surface area contributed by atoms with Gasteiger partial charge in [-0.2, -0.15) is 0 Å². The van der Waals surface area contributed by atoms with Crippen LogP contribution in [0, 0.1) is 0 Å². The van der Waals surface area contributed by atoms with Crippen LogP contribution < -0.4 is 10.1 Å². The number of ether oxygens (including phenoxy) is 1. The Balaban J connectivity index is 1.50. The summed E-state index contributed by atoms with van der Waals surface area (Å²) in [5, 5.41) is 4.47. The topological polar surface area (TPSA) is 47.3 Å². The molecule has 0 aliphatic rings. The van der Waals surface area contributed by atoms with Gasteiger partial charge in [0.1, 0.15) is 16.5 Å². The first-order chi connectivity index (χ1) is 11.3. The summed E-state index contributed by atoms with van der Waals surface area (Å²) in [4.78, 5) is 5.48. The summed E-state index contributed by atoms with van der Waals surface area (Å²) in [6, 6.07) is 11.9. The Labute approximate surface area is 147 Å². The molecule has 0 radical (unpaired) electrons. The Kier molecular flexibility index (Phi) is 5.48. The van der Waals surface area contributed by atoms with Crippen molar-refractivity contribution in [3.8, 4) is 16.4 Å². The van der Waals surface area contributed by atoms with Crippen LogP contribution in [0.25, 0.3) is 10.6 Å². The van der Waals surface area contributed by atoms with Gasteiger partial charge < -0.3 is 14.5 Å². The van der Waals surface area contributed by atoms with Gasteiger partial charge in [-0.05, 0) is 52.7 Å². The molecule has 3 rings (SSSR count). The van der Waals surface area contributed by atoms with Crippen LogP contribution in [0.4, 0.5) is 0 Å². The van der Waals surface area contributed by atoms with Gasteiger partial charge in [0.05, 0.1) is 12.0 Å². The maximum Gasteiger partial charge on any atom is 0.169 e. The Morgan fingerprint density at radius 1 is 1.26 bits per heavy atom. The average Bonchev–Trinajstić information content (AvgIpc) is 3.21. The van der Waals surface area contributed by atoms with Crippen molar-refractivity contribution in [1.82, 2.24) is 10.3 Å². The fourth-order valence-electron chi connectivity index (χ4n) is 2.28. The molecule has 23 heavy (non-hydrogen) atoms. The molecule has 0 atom stereocenters. The van der Waals surface area contributed by atoms with E-state index in [0.717, 1.165) is 45.6 Å². The van der Waals surface area contributed by atoms with Crippen molar-refractivity contribution in [1.29, 1.82) is 0 Å². The van der Waals surface area contributed by atoms with Crippen molar-refractivity contribution >= 4 is 27.3 Å². The molecule has 2 aromatic heterocycles. The van der Waals surface area contributed by atoms with Crippen LogP contribution in [0.15, 0.2) is 51.7 Å². The molecule has 4 nitrogen and oxygen atoms in total. The molecule has 0 bridgehead atoms. The van der Waals surface area contributed by atoms with Crippen molar-refractivity contribution in [2.45, 2.75) is 13.0 Å². The SMILES string of the molecule is COc1ccccc1CCNCc1ncc(-c2ccc(Br)o2)s1. The maximum atomic E-state index is 5.54. The lowest BCUT2D eigenvalue weighted by molar-refractivity contribution is 0.409. The molecule has 0 saturated heterocycles. The minimum Gasteiger partial charge on any atom is -0.496 e. The van der Waals surface area contributed by atoms with E-state index in [0.29, 0.717) is 0 Å².